The summed E-state index contributed by atoms with van der Waals surface area (Å²) >= 11 is 1.50. The number of nitrogens with two attached hydrogens (primary N) is 1. The molecule has 1 aromatic carbocycles. The third-order valence-corrected chi connectivity index (χ3v) is 3.73. The molecule has 1 heterocycles. The Balaban J connectivity index is 2.03. The minimum absolute atomic E-state index is 0.525. The van der Waals surface area contributed by atoms with E-state index in [2.05, 4.69) is 17.2 Å². The lowest BCUT2D eigenvalue weighted by molar-refractivity contribution is 0.0648. The topological polar surface area (TPSA) is 71.2 Å². The normalized spacial score (nSPS) is 14.6. The van der Waals surface area contributed by atoms with Crippen LogP contribution in [0.1, 0.15) is 32.6 Å². The minimum Gasteiger partial charge on any atom is -0.359 e. The van der Waals surface area contributed by atoms with Crippen molar-refractivity contribution in [3.05, 3.63) is 24.3 Å². The van der Waals surface area contributed by atoms with Gasteiger partial charge in [0.2, 0.25) is 0 Å². The molecule has 0 spiro atoms. The number of anilines is 1. The van der Waals surface area contributed by atoms with Crippen LogP contribution in [0.4, 0.5) is 5.13 Å². The van der Waals surface area contributed by atoms with Crippen LogP contribution in [0, 0.1) is 0 Å². The molecule has 1 unspecified atom stereocenters. The number of fused-ring (bicyclic) bond motifs is 1. The number of para-hydroxylation sites is 1. The molecule has 2 rings (SSSR count). The molecule has 0 saturated heterocycles. The number of nitrogens with one attached hydrogen (secondary N) is 1. The highest BCUT2D eigenvalue weighted by atomic mass is 32.1. The summed E-state index contributed by atoms with van der Waals surface area (Å²) < 4.78 is 1.09. The first-order valence-corrected chi connectivity index (χ1v) is 7.07. The molecule has 0 amide bonds. The minimum atomic E-state index is -1.37. The molecule has 18 heavy (non-hydrogen) atoms. The fourth-order valence-corrected chi connectivity index (χ4v) is 2.76. The van der Waals surface area contributed by atoms with Crippen molar-refractivity contribution in [2.75, 3.05) is 5.32 Å². The number of hydrogen-bond acceptors (Lipinski definition) is 5. The molecule has 2 aromatic rings. The predicted molar refractivity (Wildman–Crippen MR) is 76.5 cm³/mol. The summed E-state index contributed by atoms with van der Waals surface area (Å²) in [5.41, 5.74) is 6.75. The second-order valence-corrected chi connectivity index (χ2v) is 5.52. The van der Waals surface area contributed by atoms with E-state index >= 15 is 0 Å². The molecule has 4 N–H and O–H groups in total. The van der Waals surface area contributed by atoms with E-state index < -0.39 is 5.85 Å². The second-order valence-electron chi connectivity index (χ2n) is 4.49. The van der Waals surface area contributed by atoms with Crippen molar-refractivity contribution < 1.29 is 5.11 Å². The van der Waals surface area contributed by atoms with Gasteiger partial charge >= 0.3 is 0 Å². The van der Waals surface area contributed by atoms with Crippen molar-refractivity contribution in [2.24, 2.45) is 5.73 Å². The molecule has 0 aliphatic rings. The van der Waals surface area contributed by atoms with Crippen LogP contribution in [-0.2, 0) is 0 Å². The highest BCUT2D eigenvalue weighted by molar-refractivity contribution is 7.22. The zero-order valence-electron chi connectivity index (χ0n) is 10.5. The van der Waals surface area contributed by atoms with Gasteiger partial charge < -0.3 is 10.4 Å². The zero-order valence-corrected chi connectivity index (χ0v) is 11.3. The van der Waals surface area contributed by atoms with Crippen molar-refractivity contribution in [1.29, 1.82) is 0 Å². The van der Waals surface area contributed by atoms with Crippen molar-refractivity contribution >= 4 is 26.7 Å². The molecular weight excluding hydrogens is 246 g/mol. The van der Waals surface area contributed by atoms with Gasteiger partial charge in [0.05, 0.1) is 10.2 Å². The van der Waals surface area contributed by atoms with Gasteiger partial charge in [0.1, 0.15) is 0 Å². The number of benzene rings is 1. The van der Waals surface area contributed by atoms with Gasteiger partial charge in [-0.1, -0.05) is 43.2 Å². The average Bonchev–Trinajstić information content (AvgIpc) is 2.70. The monoisotopic (exact) mass is 265 g/mol. The summed E-state index contributed by atoms with van der Waals surface area (Å²) in [7, 11) is 0. The van der Waals surface area contributed by atoms with Crippen LogP contribution in [0.2, 0.25) is 0 Å². The van der Waals surface area contributed by atoms with Gasteiger partial charge in [-0.3, -0.25) is 5.73 Å². The van der Waals surface area contributed by atoms with Gasteiger partial charge in [-0.25, -0.2) is 4.98 Å². The van der Waals surface area contributed by atoms with Crippen LogP contribution in [-0.4, -0.2) is 15.9 Å². The number of unbranched alkanes of at least 4 members (excludes halogenated alkanes) is 2. The Bertz CT molecular complexity index is 477. The molecule has 5 heteroatoms. The molecule has 0 fully saturated rings. The number of aromatic nitrogens is 1. The lowest BCUT2D eigenvalue weighted by Gasteiger charge is -2.23. The van der Waals surface area contributed by atoms with E-state index in [4.69, 9.17) is 5.73 Å². The van der Waals surface area contributed by atoms with Gasteiger partial charge in [0.15, 0.2) is 11.0 Å². The van der Waals surface area contributed by atoms with Crippen LogP contribution >= 0.6 is 11.3 Å². The van der Waals surface area contributed by atoms with Gasteiger partial charge in [-0.05, 0) is 18.6 Å². The summed E-state index contributed by atoms with van der Waals surface area (Å²) in [6, 6.07) is 7.87. The van der Waals surface area contributed by atoms with E-state index in [0.717, 1.165) is 29.5 Å². The lowest BCUT2D eigenvalue weighted by Crippen LogP contribution is -2.47. The largest absolute Gasteiger partial charge is 0.359 e. The third-order valence-electron chi connectivity index (χ3n) is 2.78. The van der Waals surface area contributed by atoms with Gasteiger partial charge in [0.25, 0.3) is 0 Å². The predicted octanol–water partition coefficient (Wildman–Crippen LogP) is 2.89. The summed E-state index contributed by atoms with van der Waals surface area (Å²) in [6.45, 7) is 2.12. The molecule has 0 radical (unpaired) electrons. The summed E-state index contributed by atoms with van der Waals surface area (Å²) in [5.74, 6) is -1.37. The maximum Gasteiger partial charge on any atom is 0.191 e. The first kappa shape index (κ1) is 13.3. The molecule has 4 nitrogen and oxygen atoms in total. The van der Waals surface area contributed by atoms with E-state index in [1.54, 1.807) is 0 Å². The van der Waals surface area contributed by atoms with Crippen molar-refractivity contribution in [3.63, 3.8) is 0 Å². The fourth-order valence-electron chi connectivity index (χ4n) is 1.82. The van der Waals surface area contributed by atoms with Crippen LogP contribution in [0.25, 0.3) is 10.2 Å². The summed E-state index contributed by atoms with van der Waals surface area (Å²) in [4.78, 5) is 4.39. The third kappa shape index (κ3) is 3.41. The number of thiazole rings is 1. The molecule has 0 aliphatic heterocycles. The molecule has 1 atom stereocenters. The number of rotatable bonds is 6. The fraction of sp³-hybridized carbons (Fsp3) is 0.462. The van der Waals surface area contributed by atoms with Crippen LogP contribution in [0.3, 0.4) is 0 Å². The molecular formula is C13H19N3OS. The SMILES string of the molecule is CCCCCC(N)(O)Nc1nc2ccccc2s1. The Labute approximate surface area is 111 Å². The standard InChI is InChI=1S/C13H19N3OS/c1-2-3-6-9-13(14,17)16-12-15-10-7-4-5-8-11(10)18-12/h4-5,7-8,17H,2-3,6,9,14H2,1H3,(H,15,16). The first-order valence-electron chi connectivity index (χ1n) is 6.26. The number of nitrogens with zero attached hydrogens (tertiary/aromatic N) is 1. The van der Waals surface area contributed by atoms with Crippen LogP contribution < -0.4 is 11.1 Å². The Morgan fingerprint density at radius 3 is 2.89 bits per heavy atom. The smallest absolute Gasteiger partial charge is 0.191 e. The molecule has 0 bridgehead atoms. The first-order chi connectivity index (χ1) is 8.61. The Hall–Kier alpha value is -1.17. The summed E-state index contributed by atoms with van der Waals surface area (Å²) in [5, 5.41) is 13.6. The maximum absolute atomic E-state index is 10.1. The molecule has 1 aromatic heterocycles. The Kier molecular flexibility index (Phi) is 4.16. The van der Waals surface area contributed by atoms with E-state index in [0.29, 0.717) is 11.6 Å². The van der Waals surface area contributed by atoms with Crippen LogP contribution in [0.5, 0.6) is 0 Å². The van der Waals surface area contributed by atoms with Gasteiger partial charge in [-0.15, -0.1) is 0 Å². The molecule has 0 aliphatic carbocycles. The Morgan fingerprint density at radius 1 is 1.39 bits per heavy atom. The summed E-state index contributed by atoms with van der Waals surface area (Å²) in [6.07, 6.45) is 3.61. The van der Waals surface area contributed by atoms with Gasteiger partial charge in [0, 0.05) is 6.42 Å². The van der Waals surface area contributed by atoms with E-state index in [9.17, 15) is 5.11 Å². The zero-order chi connectivity index (χ0) is 13.0. The highest BCUT2D eigenvalue weighted by Gasteiger charge is 2.21. The molecule has 98 valence electrons. The highest BCUT2D eigenvalue weighted by Crippen LogP contribution is 2.27. The second kappa shape index (κ2) is 5.65. The molecule has 0 saturated carbocycles. The quantitative estimate of drug-likeness (QED) is 0.555. The van der Waals surface area contributed by atoms with Gasteiger partial charge in [-0.2, -0.15) is 0 Å². The lowest BCUT2D eigenvalue weighted by atomic mass is 10.1. The van der Waals surface area contributed by atoms with Crippen molar-refractivity contribution in [1.82, 2.24) is 4.98 Å². The maximum atomic E-state index is 10.1. The van der Waals surface area contributed by atoms with Crippen LogP contribution in [0.15, 0.2) is 24.3 Å². The number of aliphatic hydroxyl groups is 1. The van der Waals surface area contributed by atoms with Crippen molar-refractivity contribution in [2.45, 2.75) is 38.5 Å². The average molecular weight is 265 g/mol. The van der Waals surface area contributed by atoms with E-state index in [-0.39, 0.29) is 0 Å². The van der Waals surface area contributed by atoms with Crippen molar-refractivity contribution in [3.8, 4) is 0 Å². The Morgan fingerprint density at radius 2 is 2.17 bits per heavy atom. The van der Waals surface area contributed by atoms with E-state index in [1.165, 1.54) is 11.3 Å². The van der Waals surface area contributed by atoms with E-state index in [1.807, 2.05) is 24.3 Å². The number of hydrogen-bond donors (Lipinski definition) is 3.